The average molecular weight is 255 g/mol. The summed E-state index contributed by atoms with van der Waals surface area (Å²) in [5, 5.41) is 3.66. The van der Waals surface area contributed by atoms with Crippen LogP contribution in [-0.2, 0) is 9.47 Å². The van der Waals surface area contributed by atoms with E-state index in [2.05, 4.69) is 26.1 Å². The van der Waals surface area contributed by atoms with Crippen LogP contribution in [0.2, 0.25) is 0 Å². The van der Waals surface area contributed by atoms with Crippen LogP contribution >= 0.6 is 0 Å². The van der Waals surface area contributed by atoms with Crippen molar-refractivity contribution in [2.75, 3.05) is 26.4 Å². The van der Waals surface area contributed by atoms with Crippen LogP contribution in [-0.4, -0.2) is 38.5 Å². The van der Waals surface area contributed by atoms with Crippen LogP contribution in [0, 0.1) is 11.3 Å². The molecule has 0 radical (unpaired) electrons. The average Bonchev–Trinajstić information content (AvgIpc) is 2.37. The molecule has 1 saturated carbocycles. The third-order valence-corrected chi connectivity index (χ3v) is 4.47. The van der Waals surface area contributed by atoms with Gasteiger partial charge in [0.05, 0.1) is 25.9 Å². The topological polar surface area (TPSA) is 30.5 Å². The first kappa shape index (κ1) is 14.3. The zero-order valence-corrected chi connectivity index (χ0v) is 12.2. The fourth-order valence-electron chi connectivity index (χ4n) is 3.12. The first-order valence-electron chi connectivity index (χ1n) is 7.48. The van der Waals surface area contributed by atoms with Crippen molar-refractivity contribution in [1.29, 1.82) is 0 Å². The van der Waals surface area contributed by atoms with Crippen molar-refractivity contribution in [3.63, 3.8) is 0 Å². The first-order chi connectivity index (χ1) is 8.55. The Morgan fingerprint density at radius 1 is 1.06 bits per heavy atom. The maximum absolute atomic E-state index is 5.66. The van der Waals surface area contributed by atoms with Gasteiger partial charge in [-0.05, 0) is 37.0 Å². The van der Waals surface area contributed by atoms with E-state index in [1.54, 1.807) is 0 Å². The van der Waals surface area contributed by atoms with Crippen LogP contribution in [0.3, 0.4) is 0 Å². The van der Waals surface area contributed by atoms with Crippen LogP contribution in [0.4, 0.5) is 0 Å². The molecule has 0 aromatic heterocycles. The summed E-state index contributed by atoms with van der Waals surface area (Å²) in [7, 11) is 0. The fourth-order valence-corrected chi connectivity index (χ4v) is 3.12. The normalized spacial score (nSPS) is 34.5. The predicted octanol–water partition coefficient (Wildman–Crippen LogP) is 2.60. The molecule has 1 atom stereocenters. The molecule has 0 spiro atoms. The van der Waals surface area contributed by atoms with E-state index < -0.39 is 0 Å². The minimum atomic E-state index is 0.263. The number of rotatable bonds is 3. The molecule has 0 aromatic rings. The summed E-state index contributed by atoms with van der Waals surface area (Å²) < 4.78 is 11.1. The standard InChI is InChI=1S/C15H29NO2/c1-15(2,3)12-4-6-13(7-5-12)16-10-14-11-17-8-9-18-14/h12-14,16H,4-11H2,1-3H3. The summed E-state index contributed by atoms with van der Waals surface area (Å²) in [6.07, 6.45) is 5.62. The highest BCUT2D eigenvalue weighted by Crippen LogP contribution is 2.37. The van der Waals surface area contributed by atoms with Crippen LogP contribution in [0.25, 0.3) is 0 Å². The highest BCUT2D eigenvalue weighted by atomic mass is 16.6. The maximum Gasteiger partial charge on any atom is 0.0933 e. The Labute approximate surface area is 112 Å². The Kier molecular flexibility index (Phi) is 5.05. The Balaban J connectivity index is 1.64. The molecule has 2 rings (SSSR count). The zero-order valence-electron chi connectivity index (χ0n) is 12.2. The summed E-state index contributed by atoms with van der Waals surface area (Å²) in [6.45, 7) is 10.3. The lowest BCUT2D eigenvalue weighted by Gasteiger charge is -2.37. The molecular formula is C15H29NO2. The van der Waals surface area contributed by atoms with Gasteiger partial charge in [0, 0.05) is 12.6 Å². The van der Waals surface area contributed by atoms with Crippen molar-refractivity contribution in [2.45, 2.75) is 58.6 Å². The molecule has 0 amide bonds. The monoisotopic (exact) mass is 255 g/mol. The van der Waals surface area contributed by atoms with Crippen LogP contribution in [0.15, 0.2) is 0 Å². The molecule has 3 heteroatoms. The molecular weight excluding hydrogens is 226 g/mol. The highest BCUT2D eigenvalue weighted by Gasteiger charge is 2.29. The molecule has 1 unspecified atom stereocenters. The fraction of sp³-hybridized carbons (Fsp3) is 1.00. The second-order valence-corrected chi connectivity index (χ2v) is 6.89. The summed E-state index contributed by atoms with van der Waals surface area (Å²) in [4.78, 5) is 0. The quantitative estimate of drug-likeness (QED) is 0.841. The van der Waals surface area contributed by atoms with E-state index in [0.717, 1.165) is 32.3 Å². The summed E-state index contributed by atoms with van der Waals surface area (Å²) in [6, 6.07) is 0.689. The van der Waals surface area contributed by atoms with E-state index in [9.17, 15) is 0 Å². The van der Waals surface area contributed by atoms with Crippen LogP contribution in [0.1, 0.15) is 46.5 Å². The van der Waals surface area contributed by atoms with E-state index in [1.165, 1.54) is 25.7 Å². The van der Waals surface area contributed by atoms with Gasteiger partial charge >= 0.3 is 0 Å². The van der Waals surface area contributed by atoms with Crippen molar-refractivity contribution in [1.82, 2.24) is 5.32 Å². The number of hydrogen-bond donors (Lipinski definition) is 1. The maximum atomic E-state index is 5.66. The molecule has 0 bridgehead atoms. The largest absolute Gasteiger partial charge is 0.376 e. The Hall–Kier alpha value is -0.120. The van der Waals surface area contributed by atoms with Gasteiger partial charge in [0.25, 0.3) is 0 Å². The van der Waals surface area contributed by atoms with E-state index in [0.29, 0.717) is 11.5 Å². The lowest BCUT2D eigenvalue weighted by molar-refractivity contribution is -0.0874. The Morgan fingerprint density at radius 2 is 1.78 bits per heavy atom. The molecule has 106 valence electrons. The lowest BCUT2D eigenvalue weighted by atomic mass is 9.71. The van der Waals surface area contributed by atoms with E-state index in [1.807, 2.05) is 0 Å². The molecule has 2 fully saturated rings. The third kappa shape index (κ3) is 4.22. The molecule has 1 aliphatic heterocycles. The predicted molar refractivity (Wildman–Crippen MR) is 73.8 cm³/mol. The summed E-state index contributed by atoms with van der Waals surface area (Å²) in [5.74, 6) is 0.893. The first-order valence-corrected chi connectivity index (χ1v) is 7.48. The van der Waals surface area contributed by atoms with E-state index in [-0.39, 0.29) is 6.10 Å². The van der Waals surface area contributed by atoms with Gasteiger partial charge in [0.1, 0.15) is 0 Å². The van der Waals surface area contributed by atoms with Crippen molar-refractivity contribution < 1.29 is 9.47 Å². The molecule has 1 N–H and O–H groups in total. The zero-order chi connectivity index (χ0) is 13.0. The summed E-state index contributed by atoms with van der Waals surface area (Å²) in [5.41, 5.74) is 0.477. The lowest BCUT2D eigenvalue weighted by Crippen LogP contribution is -2.43. The van der Waals surface area contributed by atoms with Crippen molar-refractivity contribution in [3.05, 3.63) is 0 Å². The Morgan fingerprint density at radius 3 is 2.33 bits per heavy atom. The molecule has 1 heterocycles. The van der Waals surface area contributed by atoms with Gasteiger partial charge in [0.2, 0.25) is 0 Å². The number of nitrogens with one attached hydrogen (secondary N) is 1. The SMILES string of the molecule is CC(C)(C)C1CCC(NCC2COCCO2)CC1. The third-order valence-electron chi connectivity index (χ3n) is 4.47. The van der Waals surface area contributed by atoms with Gasteiger partial charge in [-0.15, -0.1) is 0 Å². The minimum Gasteiger partial charge on any atom is -0.376 e. The molecule has 2 aliphatic rings. The Bertz CT molecular complexity index is 235. The molecule has 1 aliphatic carbocycles. The summed E-state index contributed by atoms with van der Waals surface area (Å²) >= 11 is 0. The van der Waals surface area contributed by atoms with Gasteiger partial charge in [0.15, 0.2) is 0 Å². The van der Waals surface area contributed by atoms with Gasteiger partial charge in [-0.25, -0.2) is 0 Å². The number of hydrogen-bond acceptors (Lipinski definition) is 3. The van der Waals surface area contributed by atoms with E-state index >= 15 is 0 Å². The smallest absolute Gasteiger partial charge is 0.0933 e. The van der Waals surface area contributed by atoms with Crippen LogP contribution < -0.4 is 5.32 Å². The molecule has 18 heavy (non-hydrogen) atoms. The van der Waals surface area contributed by atoms with E-state index in [4.69, 9.17) is 9.47 Å². The second-order valence-electron chi connectivity index (χ2n) is 6.89. The van der Waals surface area contributed by atoms with Crippen LogP contribution in [0.5, 0.6) is 0 Å². The van der Waals surface area contributed by atoms with Crippen molar-refractivity contribution in [3.8, 4) is 0 Å². The minimum absolute atomic E-state index is 0.263. The molecule has 3 nitrogen and oxygen atoms in total. The van der Waals surface area contributed by atoms with Gasteiger partial charge in [-0.1, -0.05) is 20.8 Å². The highest BCUT2D eigenvalue weighted by molar-refractivity contribution is 4.83. The molecule has 0 aromatic carbocycles. The second kappa shape index (κ2) is 6.36. The van der Waals surface area contributed by atoms with Crippen molar-refractivity contribution >= 4 is 0 Å². The van der Waals surface area contributed by atoms with Crippen molar-refractivity contribution in [2.24, 2.45) is 11.3 Å². The molecule has 1 saturated heterocycles. The van der Waals surface area contributed by atoms with Gasteiger partial charge < -0.3 is 14.8 Å². The van der Waals surface area contributed by atoms with Gasteiger partial charge in [-0.3, -0.25) is 0 Å². The number of ether oxygens (including phenoxy) is 2. The van der Waals surface area contributed by atoms with Gasteiger partial charge in [-0.2, -0.15) is 0 Å².